The summed E-state index contributed by atoms with van der Waals surface area (Å²) in [6.45, 7) is 7.35. The summed E-state index contributed by atoms with van der Waals surface area (Å²) in [5.74, 6) is 0. The van der Waals surface area contributed by atoms with E-state index in [1.165, 1.54) is 0 Å². The normalized spacial score (nSPS) is 25.7. The van der Waals surface area contributed by atoms with Gasteiger partial charge in [-0.05, 0) is 6.92 Å². The average molecular weight is 234 g/mol. The van der Waals surface area contributed by atoms with Gasteiger partial charge in [-0.25, -0.2) is 0 Å². The zero-order valence-corrected chi connectivity index (χ0v) is 9.98. The van der Waals surface area contributed by atoms with Crippen LogP contribution in [0.25, 0.3) is 0 Å². The first-order valence-electron chi connectivity index (χ1n) is 5.86. The molecule has 16 heavy (non-hydrogen) atoms. The van der Waals surface area contributed by atoms with Crippen LogP contribution in [0.1, 0.15) is 6.92 Å². The van der Waals surface area contributed by atoms with E-state index in [1.807, 2.05) is 6.92 Å². The zero-order valence-electron chi connectivity index (χ0n) is 9.98. The monoisotopic (exact) mass is 234 g/mol. The van der Waals surface area contributed by atoms with Crippen molar-refractivity contribution in [1.82, 2.24) is 0 Å². The van der Waals surface area contributed by atoms with Gasteiger partial charge in [0.25, 0.3) is 0 Å². The number of hydrogen-bond acceptors (Lipinski definition) is 5. The molecule has 0 N–H and O–H groups in total. The van der Waals surface area contributed by atoms with Crippen molar-refractivity contribution < 1.29 is 23.7 Å². The lowest BCUT2D eigenvalue weighted by Gasteiger charge is -2.19. The third-order valence-corrected chi connectivity index (χ3v) is 2.14. The highest BCUT2D eigenvalue weighted by Crippen LogP contribution is 1.97. The summed E-state index contributed by atoms with van der Waals surface area (Å²) in [6, 6.07) is 0. The Morgan fingerprint density at radius 1 is 0.938 bits per heavy atom. The number of rotatable bonds is 3. The van der Waals surface area contributed by atoms with Gasteiger partial charge in [-0.3, -0.25) is 0 Å². The Bertz CT molecular complexity index is 141. The zero-order chi connectivity index (χ0) is 11.5. The van der Waals surface area contributed by atoms with E-state index in [1.54, 1.807) is 0 Å². The van der Waals surface area contributed by atoms with E-state index in [-0.39, 0.29) is 6.10 Å². The summed E-state index contributed by atoms with van der Waals surface area (Å²) in [6.07, 6.45) is -0.0111. The molecule has 1 heterocycles. The van der Waals surface area contributed by atoms with Gasteiger partial charge in [0.1, 0.15) is 6.10 Å². The van der Waals surface area contributed by atoms with Crippen molar-refractivity contribution in [2.75, 3.05) is 59.5 Å². The van der Waals surface area contributed by atoms with Gasteiger partial charge < -0.3 is 23.7 Å². The Kier molecular flexibility index (Phi) is 8.65. The first-order chi connectivity index (χ1) is 7.93. The molecule has 1 fully saturated rings. The van der Waals surface area contributed by atoms with Gasteiger partial charge in [-0.2, -0.15) is 0 Å². The van der Waals surface area contributed by atoms with E-state index < -0.39 is 0 Å². The molecule has 1 unspecified atom stereocenters. The molecule has 1 aliphatic rings. The first-order valence-corrected chi connectivity index (χ1v) is 5.86. The molecule has 0 aromatic heterocycles. The summed E-state index contributed by atoms with van der Waals surface area (Å²) in [5, 5.41) is 0. The number of hydrogen-bond donors (Lipinski definition) is 0. The van der Waals surface area contributed by atoms with Gasteiger partial charge in [0.15, 0.2) is 0 Å². The summed E-state index contributed by atoms with van der Waals surface area (Å²) < 4.78 is 27.0. The fourth-order valence-corrected chi connectivity index (χ4v) is 1.32. The first kappa shape index (κ1) is 13.9. The highest BCUT2D eigenvalue weighted by Gasteiger charge is 2.10. The number of ether oxygens (including phenoxy) is 5. The molecule has 1 aliphatic heterocycles. The largest absolute Gasteiger partial charge is 0.379 e. The molecule has 1 atom stereocenters. The SMILES string of the molecule is CCOCC1COCCOCCOCCO1. The van der Waals surface area contributed by atoms with E-state index in [0.717, 1.165) is 0 Å². The molecule has 0 aromatic carbocycles. The molecular weight excluding hydrogens is 212 g/mol. The summed E-state index contributed by atoms with van der Waals surface area (Å²) in [4.78, 5) is 0. The van der Waals surface area contributed by atoms with Crippen LogP contribution in [0.4, 0.5) is 0 Å². The average Bonchev–Trinajstić information content (AvgIpc) is 2.28. The fraction of sp³-hybridized carbons (Fsp3) is 1.00. The molecule has 0 bridgehead atoms. The molecule has 0 saturated carbocycles. The predicted octanol–water partition coefficient (Wildman–Crippen LogP) is 0.471. The maximum atomic E-state index is 5.60. The lowest BCUT2D eigenvalue weighted by atomic mass is 10.4. The van der Waals surface area contributed by atoms with Crippen molar-refractivity contribution in [3.63, 3.8) is 0 Å². The van der Waals surface area contributed by atoms with Gasteiger partial charge in [0.05, 0.1) is 52.9 Å². The van der Waals surface area contributed by atoms with Crippen LogP contribution in [0.3, 0.4) is 0 Å². The molecule has 0 spiro atoms. The Labute approximate surface area is 97.0 Å². The Balaban J connectivity index is 2.19. The quantitative estimate of drug-likeness (QED) is 0.710. The third-order valence-electron chi connectivity index (χ3n) is 2.14. The van der Waals surface area contributed by atoms with Crippen LogP contribution in [-0.4, -0.2) is 65.6 Å². The highest BCUT2D eigenvalue weighted by atomic mass is 16.6. The van der Waals surface area contributed by atoms with Crippen molar-refractivity contribution in [2.45, 2.75) is 13.0 Å². The minimum Gasteiger partial charge on any atom is -0.379 e. The molecule has 5 nitrogen and oxygen atoms in total. The lowest BCUT2D eigenvalue weighted by Crippen LogP contribution is -2.29. The fourth-order valence-electron chi connectivity index (χ4n) is 1.32. The van der Waals surface area contributed by atoms with Crippen molar-refractivity contribution in [2.24, 2.45) is 0 Å². The van der Waals surface area contributed by atoms with Crippen LogP contribution in [0.15, 0.2) is 0 Å². The van der Waals surface area contributed by atoms with Gasteiger partial charge in [-0.15, -0.1) is 0 Å². The summed E-state index contributed by atoms with van der Waals surface area (Å²) >= 11 is 0. The van der Waals surface area contributed by atoms with Crippen LogP contribution in [0, 0.1) is 0 Å². The molecule has 0 amide bonds. The minimum absolute atomic E-state index is 0.0111. The standard InChI is InChI=1S/C11H22O5/c1-2-12-9-11-10-15-6-5-13-3-4-14-7-8-16-11/h11H,2-10H2,1H3. The van der Waals surface area contributed by atoms with E-state index in [0.29, 0.717) is 59.5 Å². The van der Waals surface area contributed by atoms with Crippen LogP contribution in [0.5, 0.6) is 0 Å². The van der Waals surface area contributed by atoms with Gasteiger partial charge >= 0.3 is 0 Å². The highest BCUT2D eigenvalue weighted by molar-refractivity contribution is 4.55. The van der Waals surface area contributed by atoms with E-state index in [2.05, 4.69) is 0 Å². The van der Waals surface area contributed by atoms with Crippen LogP contribution in [-0.2, 0) is 23.7 Å². The van der Waals surface area contributed by atoms with E-state index in [9.17, 15) is 0 Å². The Hall–Kier alpha value is -0.200. The second-order valence-corrected chi connectivity index (χ2v) is 3.45. The lowest BCUT2D eigenvalue weighted by molar-refractivity contribution is -0.0891. The Morgan fingerprint density at radius 2 is 1.56 bits per heavy atom. The van der Waals surface area contributed by atoms with Gasteiger partial charge in [0.2, 0.25) is 0 Å². The maximum Gasteiger partial charge on any atom is 0.104 e. The third kappa shape index (κ3) is 7.14. The van der Waals surface area contributed by atoms with Crippen LogP contribution in [0.2, 0.25) is 0 Å². The van der Waals surface area contributed by atoms with Crippen molar-refractivity contribution in [1.29, 1.82) is 0 Å². The molecular formula is C11H22O5. The summed E-state index contributed by atoms with van der Waals surface area (Å²) in [5.41, 5.74) is 0. The maximum absolute atomic E-state index is 5.60. The second-order valence-electron chi connectivity index (χ2n) is 3.45. The molecule has 5 heteroatoms. The van der Waals surface area contributed by atoms with Crippen LogP contribution < -0.4 is 0 Å². The topological polar surface area (TPSA) is 46.2 Å². The minimum atomic E-state index is -0.0111. The van der Waals surface area contributed by atoms with Crippen molar-refractivity contribution in [3.8, 4) is 0 Å². The molecule has 1 saturated heterocycles. The molecule has 0 aromatic rings. The molecule has 0 radical (unpaired) electrons. The van der Waals surface area contributed by atoms with Gasteiger partial charge in [0, 0.05) is 6.61 Å². The molecule has 0 aliphatic carbocycles. The van der Waals surface area contributed by atoms with E-state index in [4.69, 9.17) is 23.7 Å². The summed E-state index contributed by atoms with van der Waals surface area (Å²) in [7, 11) is 0. The van der Waals surface area contributed by atoms with E-state index >= 15 is 0 Å². The smallest absolute Gasteiger partial charge is 0.104 e. The molecule has 1 rings (SSSR count). The predicted molar refractivity (Wildman–Crippen MR) is 58.7 cm³/mol. The molecule has 96 valence electrons. The second kappa shape index (κ2) is 9.99. The Morgan fingerprint density at radius 3 is 2.25 bits per heavy atom. The van der Waals surface area contributed by atoms with Gasteiger partial charge in [-0.1, -0.05) is 0 Å². The van der Waals surface area contributed by atoms with Crippen molar-refractivity contribution >= 4 is 0 Å². The van der Waals surface area contributed by atoms with Crippen molar-refractivity contribution in [3.05, 3.63) is 0 Å². The van der Waals surface area contributed by atoms with Crippen LogP contribution >= 0.6 is 0 Å².